The van der Waals surface area contributed by atoms with Gasteiger partial charge in [-0.2, -0.15) is 15.1 Å². The summed E-state index contributed by atoms with van der Waals surface area (Å²) < 4.78 is 68.5. The van der Waals surface area contributed by atoms with E-state index >= 15 is 8.78 Å². The van der Waals surface area contributed by atoms with Crippen molar-refractivity contribution < 1.29 is 41.8 Å². The van der Waals surface area contributed by atoms with Crippen molar-refractivity contribution in [1.29, 1.82) is 0 Å². The maximum Gasteiger partial charge on any atom is 0.459 e. The van der Waals surface area contributed by atoms with Crippen LogP contribution < -0.4 is 20.2 Å². The summed E-state index contributed by atoms with van der Waals surface area (Å²) in [5, 5.41) is 13.2. The number of aliphatic hydroxyl groups excluding tert-OH is 1. The average Bonchev–Trinajstić information content (AvgIpc) is 3.39. The number of nitrogens with one attached hydrogen (secondary N) is 1. The van der Waals surface area contributed by atoms with Gasteiger partial charge in [0.05, 0.1) is 12.4 Å². The van der Waals surface area contributed by atoms with Gasteiger partial charge in [-0.15, -0.1) is 0 Å². The molecule has 14 nitrogen and oxygen atoms in total. The van der Waals surface area contributed by atoms with E-state index in [0.29, 0.717) is 5.82 Å². The fourth-order valence-electron chi connectivity index (χ4n) is 4.27. The molecule has 4 N–H and O–H groups in total. The molecule has 1 fully saturated rings. The number of fused-ring (bicyclic) bond motifs is 1. The molecule has 6 atom stereocenters. The lowest BCUT2D eigenvalue weighted by atomic mass is 9.97. The van der Waals surface area contributed by atoms with E-state index < -0.39 is 56.3 Å². The zero-order chi connectivity index (χ0) is 31.0. The highest BCUT2D eigenvalue weighted by molar-refractivity contribution is 7.52. The summed E-state index contributed by atoms with van der Waals surface area (Å²) in [6, 6.07) is 6.53. The Morgan fingerprint density at radius 1 is 1.26 bits per heavy atom. The van der Waals surface area contributed by atoms with Crippen LogP contribution in [0.25, 0.3) is 11.2 Å². The molecule has 1 aliphatic heterocycles. The number of para-hydroxylation sites is 1. The minimum atomic E-state index is -4.57. The van der Waals surface area contributed by atoms with Gasteiger partial charge in [-0.1, -0.05) is 18.2 Å². The summed E-state index contributed by atoms with van der Waals surface area (Å²) in [4.78, 5) is 26.4. The van der Waals surface area contributed by atoms with Gasteiger partial charge >= 0.3 is 13.7 Å². The number of esters is 1. The number of anilines is 2. The van der Waals surface area contributed by atoms with Crippen LogP contribution in [0, 0.1) is 0 Å². The van der Waals surface area contributed by atoms with Crippen LogP contribution in [-0.2, 0) is 23.4 Å². The minimum absolute atomic E-state index is 0.0229. The quantitative estimate of drug-likeness (QED) is 0.213. The third kappa shape index (κ3) is 6.32. The first-order valence-electron chi connectivity index (χ1n) is 12.9. The van der Waals surface area contributed by atoms with Crippen LogP contribution >= 0.6 is 7.75 Å². The molecule has 3 aromatic rings. The van der Waals surface area contributed by atoms with Crippen LogP contribution in [0.5, 0.6) is 5.75 Å². The predicted octanol–water partition coefficient (Wildman–Crippen LogP) is 2.89. The highest BCUT2D eigenvalue weighted by Crippen LogP contribution is 2.52. The standard InChI is InChI=1S/C25H34F2N7O7P/c1-14(2)39-20(35)15(3)32-42(37,41-16-10-8-7-9-11-16)38-12-25(27)21(36)24(4,26)22(40-25)34-13-29-17-18(33(5)6)30-23(28)31-19(17)34/h7-11,13-15,21-22,36H,12H2,1-6H3,(H,32,37)(H2,28,30,31)/t15-,21?,22+,24+,25+,42-/m0/s1. The monoisotopic (exact) mass is 613 g/mol. The Morgan fingerprint density at radius 3 is 2.55 bits per heavy atom. The van der Waals surface area contributed by atoms with Crippen LogP contribution in [-0.4, -0.2) is 81.1 Å². The molecule has 4 rings (SSSR count). The summed E-state index contributed by atoms with van der Waals surface area (Å²) in [6.45, 7) is 4.26. The molecule has 0 saturated carbocycles. The SMILES string of the molecule is CC(C)OC(=O)[C@H](C)N[P@](=O)(OC[C@@]1(F)O[C@@H](n2cnc3c(N(C)C)nc(N)nc32)[C@](C)(F)C1O)Oc1ccccc1. The Kier molecular flexibility index (Phi) is 8.77. The Balaban J connectivity index is 1.62. The molecule has 0 radical (unpaired) electrons. The summed E-state index contributed by atoms with van der Waals surface area (Å²) in [5.74, 6) is -3.80. The Morgan fingerprint density at radius 2 is 1.93 bits per heavy atom. The normalized spacial score (nSPS) is 26.2. The molecule has 17 heteroatoms. The number of carbonyl (C=O) groups is 1. The van der Waals surface area contributed by atoms with E-state index in [1.807, 2.05) is 0 Å². The van der Waals surface area contributed by atoms with E-state index in [1.54, 1.807) is 51.0 Å². The van der Waals surface area contributed by atoms with E-state index in [-0.39, 0.29) is 22.9 Å². The number of halogens is 2. The molecular formula is C25H34F2N7O7P. The van der Waals surface area contributed by atoms with Crippen molar-refractivity contribution in [3.8, 4) is 5.75 Å². The van der Waals surface area contributed by atoms with Crippen LogP contribution in [0.15, 0.2) is 36.7 Å². The van der Waals surface area contributed by atoms with Crippen LogP contribution in [0.1, 0.15) is 33.9 Å². The average molecular weight is 614 g/mol. The minimum Gasteiger partial charge on any atom is -0.462 e. The fraction of sp³-hybridized carbons (Fsp3) is 0.520. The molecule has 1 saturated heterocycles. The molecule has 0 spiro atoms. The molecule has 0 aliphatic carbocycles. The summed E-state index contributed by atoms with van der Waals surface area (Å²) in [7, 11) is -1.19. The largest absolute Gasteiger partial charge is 0.462 e. The van der Waals surface area contributed by atoms with Gasteiger partial charge < -0.3 is 29.7 Å². The van der Waals surface area contributed by atoms with Crippen molar-refractivity contribution in [3.63, 3.8) is 0 Å². The van der Waals surface area contributed by atoms with Crippen molar-refractivity contribution in [2.75, 3.05) is 31.3 Å². The van der Waals surface area contributed by atoms with Crippen molar-refractivity contribution in [3.05, 3.63) is 36.7 Å². The van der Waals surface area contributed by atoms with Gasteiger partial charge in [-0.25, -0.2) is 18.3 Å². The second-order valence-corrected chi connectivity index (χ2v) is 12.1. The molecule has 1 aromatic carbocycles. The number of aliphatic hydroxyl groups is 1. The molecular weight excluding hydrogens is 579 g/mol. The van der Waals surface area contributed by atoms with Gasteiger partial charge in [0.15, 0.2) is 35.0 Å². The summed E-state index contributed by atoms with van der Waals surface area (Å²) >= 11 is 0. The number of hydrogen-bond donors (Lipinski definition) is 3. The van der Waals surface area contributed by atoms with Gasteiger partial charge in [0, 0.05) is 14.1 Å². The number of alkyl halides is 2. The lowest BCUT2D eigenvalue weighted by Gasteiger charge is -2.28. The molecule has 2 aromatic heterocycles. The zero-order valence-electron chi connectivity index (χ0n) is 23.9. The third-order valence-corrected chi connectivity index (χ3v) is 7.91. The van der Waals surface area contributed by atoms with E-state index in [1.165, 1.54) is 19.1 Å². The number of nitrogens with zero attached hydrogens (tertiary/aromatic N) is 5. The van der Waals surface area contributed by atoms with Gasteiger partial charge in [-0.3, -0.25) is 13.9 Å². The second-order valence-electron chi connectivity index (χ2n) is 10.4. The van der Waals surface area contributed by atoms with Gasteiger partial charge in [-0.05, 0) is 39.8 Å². The van der Waals surface area contributed by atoms with Crippen molar-refractivity contribution in [2.45, 2.75) is 63.7 Å². The number of carbonyl (C=O) groups excluding carboxylic acids is 1. The Bertz CT molecular complexity index is 1480. The van der Waals surface area contributed by atoms with Crippen LogP contribution in [0.3, 0.4) is 0 Å². The van der Waals surface area contributed by atoms with E-state index in [9.17, 15) is 14.5 Å². The number of imidazole rings is 1. The van der Waals surface area contributed by atoms with Gasteiger partial charge in [0.1, 0.15) is 18.4 Å². The molecule has 42 heavy (non-hydrogen) atoms. The summed E-state index contributed by atoms with van der Waals surface area (Å²) in [6.07, 6.45) is -3.56. The van der Waals surface area contributed by atoms with Crippen molar-refractivity contribution in [1.82, 2.24) is 24.6 Å². The molecule has 230 valence electrons. The first-order valence-corrected chi connectivity index (χ1v) is 14.5. The highest BCUT2D eigenvalue weighted by Gasteiger charge is 2.65. The Labute approximate surface area is 240 Å². The molecule has 0 amide bonds. The number of aromatic nitrogens is 4. The number of benzene rings is 1. The van der Waals surface area contributed by atoms with E-state index in [4.69, 9.17) is 24.3 Å². The van der Waals surface area contributed by atoms with Crippen molar-refractivity contribution >= 4 is 36.6 Å². The third-order valence-electron chi connectivity index (χ3n) is 6.29. The summed E-state index contributed by atoms with van der Waals surface area (Å²) in [5.41, 5.74) is 3.31. The zero-order valence-corrected chi connectivity index (χ0v) is 24.8. The van der Waals surface area contributed by atoms with Gasteiger partial charge in [0.25, 0.3) is 5.85 Å². The smallest absolute Gasteiger partial charge is 0.459 e. The Hall–Kier alpha value is -3.43. The van der Waals surface area contributed by atoms with E-state index in [2.05, 4.69) is 20.0 Å². The maximum absolute atomic E-state index is 16.2. The number of rotatable bonds is 11. The van der Waals surface area contributed by atoms with Crippen LogP contribution in [0.4, 0.5) is 20.5 Å². The molecule has 1 unspecified atom stereocenters. The number of nitrogen functional groups attached to an aromatic ring is 1. The van der Waals surface area contributed by atoms with E-state index in [0.717, 1.165) is 17.8 Å². The molecule has 0 bridgehead atoms. The second kappa shape index (κ2) is 11.7. The van der Waals surface area contributed by atoms with Gasteiger partial charge in [0.2, 0.25) is 5.95 Å². The lowest BCUT2D eigenvalue weighted by Crippen LogP contribution is -2.47. The maximum atomic E-state index is 16.2. The highest BCUT2D eigenvalue weighted by atomic mass is 31.2. The van der Waals surface area contributed by atoms with Crippen molar-refractivity contribution in [2.24, 2.45) is 0 Å². The number of ether oxygens (including phenoxy) is 2. The van der Waals surface area contributed by atoms with Crippen LogP contribution in [0.2, 0.25) is 0 Å². The molecule has 1 aliphatic rings. The first-order chi connectivity index (χ1) is 19.6. The lowest BCUT2D eigenvalue weighted by molar-refractivity contribution is -0.202. The fourth-order valence-corrected chi connectivity index (χ4v) is 5.78. The number of nitrogens with two attached hydrogens (primary N) is 1. The predicted molar refractivity (Wildman–Crippen MR) is 148 cm³/mol. The number of hydrogen-bond acceptors (Lipinski definition) is 12. The first kappa shape index (κ1) is 31.5. The topological polar surface area (TPSA) is 176 Å². The molecule has 3 heterocycles.